The van der Waals surface area contributed by atoms with Gasteiger partial charge in [-0.2, -0.15) is 0 Å². The lowest BCUT2D eigenvalue weighted by molar-refractivity contribution is -0.146. The lowest BCUT2D eigenvalue weighted by atomic mass is 9.62. The second kappa shape index (κ2) is 12.8. The molecule has 0 aromatic heterocycles. The van der Waals surface area contributed by atoms with Crippen LogP contribution in [0.4, 0.5) is 17.1 Å². The van der Waals surface area contributed by atoms with Crippen molar-refractivity contribution in [3.05, 3.63) is 79.9 Å². The Hall–Kier alpha value is -3.95. The third-order valence-electron chi connectivity index (χ3n) is 10.2. The van der Waals surface area contributed by atoms with E-state index in [9.17, 15) is 19.5 Å². The zero-order valence-electron chi connectivity index (χ0n) is 26.9. The lowest BCUT2D eigenvalue weighted by Crippen LogP contribution is -2.57. The van der Waals surface area contributed by atoms with Gasteiger partial charge in [0, 0.05) is 49.8 Å². The van der Waals surface area contributed by atoms with E-state index in [1.807, 2.05) is 68.4 Å². The SMILES string of the molecule is C=CCN(C(=O)C1N(CCO)C(=O)[C@@H]2[C@@H](C(=O)N(CC=C)c3ccccc3)[C@]3(C)OC12CC3C)c1ccc(N(CC)CC)cc1. The molecule has 1 spiro atoms. The molecule has 2 aromatic rings. The van der Waals surface area contributed by atoms with E-state index >= 15 is 0 Å². The number of nitrogens with zero attached hydrogens (tertiary/aromatic N) is 4. The zero-order chi connectivity index (χ0) is 32.5. The van der Waals surface area contributed by atoms with Crippen molar-refractivity contribution in [1.29, 1.82) is 0 Å². The van der Waals surface area contributed by atoms with Crippen molar-refractivity contribution in [2.45, 2.75) is 51.4 Å². The number of amides is 3. The fraction of sp³-hybridized carbons (Fsp3) is 0.472. The van der Waals surface area contributed by atoms with E-state index in [4.69, 9.17) is 4.74 Å². The topological polar surface area (TPSA) is 93.6 Å². The average molecular weight is 615 g/mol. The fourth-order valence-corrected chi connectivity index (χ4v) is 8.00. The predicted octanol–water partition coefficient (Wildman–Crippen LogP) is 4.27. The highest BCUT2D eigenvalue weighted by Gasteiger charge is 2.80. The number of anilines is 3. The van der Waals surface area contributed by atoms with E-state index in [1.165, 1.54) is 4.90 Å². The summed E-state index contributed by atoms with van der Waals surface area (Å²) in [5.74, 6) is -2.69. The molecule has 5 rings (SSSR count). The van der Waals surface area contributed by atoms with Gasteiger partial charge in [0.25, 0.3) is 5.91 Å². The van der Waals surface area contributed by atoms with Crippen LogP contribution in [0.5, 0.6) is 0 Å². The van der Waals surface area contributed by atoms with E-state index in [1.54, 1.807) is 22.0 Å². The standard InChI is InChI=1S/C36H46N4O5/c1-7-20-38(27-14-12-11-13-15-27)32(42)29-30-33(43)40(22-23-41)31(36(30)24-25(5)35(29,6)45-36)34(44)39(21-8-2)28-18-16-26(17-19-28)37(9-3)10-4/h7-8,11-19,25,29-31,41H,1-2,9-10,20-24H2,3-6H3/t25?,29-,30-,31?,35+,36?/m0/s1. The minimum absolute atomic E-state index is 0.0409. The molecule has 240 valence electrons. The summed E-state index contributed by atoms with van der Waals surface area (Å²) in [6, 6.07) is 16.1. The van der Waals surface area contributed by atoms with Crippen LogP contribution in [0.15, 0.2) is 79.9 Å². The van der Waals surface area contributed by atoms with Gasteiger partial charge in [-0.15, -0.1) is 13.2 Å². The first-order valence-electron chi connectivity index (χ1n) is 16.0. The number of para-hydroxylation sites is 1. The van der Waals surface area contributed by atoms with Gasteiger partial charge >= 0.3 is 0 Å². The number of carbonyl (C=O) groups is 3. The summed E-state index contributed by atoms with van der Waals surface area (Å²) in [7, 11) is 0. The number of rotatable bonds is 13. The van der Waals surface area contributed by atoms with Gasteiger partial charge in [0.1, 0.15) is 11.6 Å². The highest BCUT2D eigenvalue weighted by molar-refractivity contribution is 6.07. The number of hydrogen-bond acceptors (Lipinski definition) is 6. The molecule has 6 atom stereocenters. The van der Waals surface area contributed by atoms with Gasteiger partial charge in [0.05, 0.1) is 24.0 Å². The van der Waals surface area contributed by atoms with Gasteiger partial charge < -0.3 is 29.4 Å². The van der Waals surface area contributed by atoms with Gasteiger partial charge in [-0.1, -0.05) is 37.3 Å². The number of fused-ring (bicyclic) bond motifs is 1. The highest BCUT2D eigenvalue weighted by Crippen LogP contribution is 2.65. The van der Waals surface area contributed by atoms with E-state index in [-0.39, 0.29) is 49.9 Å². The van der Waals surface area contributed by atoms with Crippen LogP contribution >= 0.6 is 0 Å². The average Bonchev–Trinajstić information content (AvgIpc) is 3.56. The van der Waals surface area contributed by atoms with Crippen LogP contribution in [0.25, 0.3) is 0 Å². The van der Waals surface area contributed by atoms with Crippen molar-refractivity contribution in [3.8, 4) is 0 Å². The Bertz CT molecular complexity index is 1430. The minimum Gasteiger partial charge on any atom is -0.395 e. The molecule has 3 amide bonds. The molecule has 3 aliphatic heterocycles. The molecule has 3 unspecified atom stereocenters. The zero-order valence-corrected chi connectivity index (χ0v) is 26.9. The number of likely N-dealkylation sites (tertiary alicyclic amines) is 1. The molecule has 3 heterocycles. The van der Waals surface area contributed by atoms with Gasteiger partial charge in [-0.05, 0) is 69.5 Å². The quantitative estimate of drug-likeness (QED) is 0.339. The second-order valence-corrected chi connectivity index (χ2v) is 12.5. The lowest BCUT2D eigenvalue weighted by Gasteiger charge is -2.39. The summed E-state index contributed by atoms with van der Waals surface area (Å²) in [4.78, 5) is 50.7. The van der Waals surface area contributed by atoms with E-state index in [0.29, 0.717) is 17.8 Å². The van der Waals surface area contributed by atoms with Crippen molar-refractivity contribution in [3.63, 3.8) is 0 Å². The smallest absolute Gasteiger partial charge is 0.253 e. The number of β-amino-alcohol motifs (C(OH)–C–C–N with tert-alkyl or cyclic N) is 1. The van der Waals surface area contributed by atoms with Crippen LogP contribution in [0.1, 0.15) is 34.1 Å². The van der Waals surface area contributed by atoms with E-state index in [2.05, 4.69) is 31.9 Å². The maximum atomic E-state index is 14.8. The fourth-order valence-electron chi connectivity index (χ4n) is 8.00. The van der Waals surface area contributed by atoms with Crippen LogP contribution in [0.2, 0.25) is 0 Å². The monoisotopic (exact) mass is 614 g/mol. The first-order valence-corrected chi connectivity index (χ1v) is 16.0. The molecule has 0 radical (unpaired) electrons. The third kappa shape index (κ3) is 5.16. The minimum atomic E-state index is -1.23. The highest BCUT2D eigenvalue weighted by atomic mass is 16.5. The molecule has 9 heteroatoms. The van der Waals surface area contributed by atoms with Crippen molar-refractivity contribution in [1.82, 2.24) is 4.90 Å². The molecule has 3 fully saturated rings. The Balaban J connectivity index is 1.57. The van der Waals surface area contributed by atoms with Gasteiger partial charge in [-0.3, -0.25) is 14.4 Å². The van der Waals surface area contributed by atoms with E-state index in [0.717, 1.165) is 18.8 Å². The molecule has 3 aliphatic rings. The third-order valence-corrected chi connectivity index (χ3v) is 10.2. The first kappa shape index (κ1) is 32.4. The Morgan fingerprint density at radius 2 is 1.51 bits per heavy atom. The second-order valence-electron chi connectivity index (χ2n) is 12.5. The summed E-state index contributed by atoms with van der Waals surface area (Å²) in [5.41, 5.74) is 0.229. The summed E-state index contributed by atoms with van der Waals surface area (Å²) in [6.45, 7) is 17.7. The van der Waals surface area contributed by atoms with Gasteiger partial charge in [0.2, 0.25) is 11.8 Å². The number of carbonyl (C=O) groups excluding carboxylic acids is 3. The normalized spacial score (nSPS) is 28.1. The number of ether oxygens (including phenoxy) is 1. The van der Waals surface area contributed by atoms with Crippen LogP contribution in [0.3, 0.4) is 0 Å². The number of aliphatic hydroxyl groups is 1. The largest absolute Gasteiger partial charge is 0.395 e. The summed E-state index contributed by atoms with van der Waals surface area (Å²) in [5, 5.41) is 10.1. The molecule has 0 aliphatic carbocycles. The number of aliphatic hydroxyl groups excluding tert-OH is 1. The number of hydrogen-bond donors (Lipinski definition) is 1. The van der Waals surface area contributed by atoms with Crippen LogP contribution < -0.4 is 14.7 Å². The van der Waals surface area contributed by atoms with Crippen molar-refractivity contribution < 1.29 is 24.2 Å². The maximum absolute atomic E-state index is 14.8. The number of benzene rings is 2. The molecule has 2 aromatic carbocycles. The van der Waals surface area contributed by atoms with Crippen molar-refractivity contribution in [2.75, 3.05) is 54.0 Å². The van der Waals surface area contributed by atoms with Gasteiger partial charge in [0.15, 0.2) is 0 Å². The Kier molecular flexibility index (Phi) is 9.23. The van der Waals surface area contributed by atoms with Crippen LogP contribution in [-0.4, -0.2) is 84.3 Å². The molecule has 45 heavy (non-hydrogen) atoms. The molecule has 2 bridgehead atoms. The molecule has 9 nitrogen and oxygen atoms in total. The Labute approximate surface area is 266 Å². The van der Waals surface area contributed by atoms with Crippen LogP contribution in [-0.2, 0) is 19.1 Å². The van der Waals surface area contributed by atoms with E-state index < -0.39 is 29.1 Å². The Morgan fingerprint density at radius 1 is 0.956 bits per heavy atom. The summed E-state index contributed by atoms with van der Waals surface area (Å²) >= 11 is 0. The van der Waals surface area contributed by atoms with Crippen molar-refractivity contribution >= 4 is 34.8 Å². The molecular weight excluding hydrogens is 568 g/mol. The Morgan fingerprint density at radius 3 is 2.07 bits per heavy atom. The maximum Gasteiger partial charge on any atom is 0.253 e. The van der Waals surface area contributed by atoms with Crippen molar-refractivity contribution in [2.24, 2.45) is 17.8 Å². The molecule has 0 saturated carbocycles. The first-order chi connectivity index (χ1) is 21.6. The van der Waals surface area contributed by atoms with Crippen LogP contribution in [0, 0.1) is 17.8 Å². The predicted molar refractivity (Wildman–Crippen MR) is 177 cm³/mol. The molecular formula is C36H46N4O5. The molecule has 1 N–H and O–H groups in total. The summed E-state index contributed by atoms with van der Waals surface area (Å²) in [6.07, 6.45) is 3.77. The van der Waals surface area contributed by atoms with Gasteiger partial charge in [-0.25, -0.2) is 0 Å². The summed E-state index contributed by atoms with van der Waals surface area (Å²) < 4.78 is 6.91. The molecule has 3 saturated heterocycles.